The van der Waals surface area contributed by atoms with Crippen molar-refractivity contribution in [3.63, 3.8) is 0 Å². The minimum atomic E-state index is -0.101. The molecular weight excluding hydrogens is 194 g/mol. The highest BCUT2D eigenvalue weighted by Gasteiger charge is 2.05. The zero-order valence-electron chi connectivity index (χ0n) is 6.91. The number of rotatable bonds is 2. The van der Waals surface area contributed by atoms with Crippen LogP contribution in [0.3, 0.4) is 0 Å². The van der Waals surface area contributed by atoms with Crippen LogP contribution in [0.25, 0.3) is 0 Å². The maximum absolute atomic E-state index is 5.75. The summed E-state index contributed by atoms with van der Waals surface area (Å²) in [5.74, 6) is 0. The van der Waals surface area contributed by atoms with Gasteiger partial charge in [-0.25, -0.2) is 9.97 Å². The summed E-state index contributed by atoms with van der Waals surface area (Å²) in [5, 5.41) is 1.11. The first kappa shape index (κ1) is 9.77. The van der Waals surface area contributed by atoms with Gasteiger partial charge in [0.05, 0.1) is 5.69 Å². The van der Waals surface area contributed by atoms with E-state index < -0.39 is 0 Å². The minimum Gasteiger partial charge on any atom is -0.323 e. The molecule has 0 aliphatic carbocycles. The molecule has 1 atom stereocenters. The second-order valence-corrected chi connectivity index (χ2v) is 3.55. The van der Waals surface area contributed by atoms with E-state index in [4.69, 9.17) is 17.3 Å². The lowest BCUT2D eigenvalue weighted by Crippen LogP contribution is -2.08. The van der Waals surface area contributed by atoms with Crippen LogP contribution >= 0.6 is 23.4 Å². The molecule has 0 aromatic carbocycles. The van der Waals surface area contributed by atoms with Gasteiger partial charge in [-0.3, -0.25) is 0 Å². The molecule has 1 aromatic rings. The summed E-state index contributed by atoms with van der Waals surface area (Å²) in [4.78, 5) is 8.19. The SMILES string of the molecule is CSc1nc(Cl)cc([C@H](C)N)n1. The highest BCUT2D eigenvalue weighted by molar-refractivity contribution is 7.98. The van der Waals surface area contributed by atoms with E-state index in [2.05, 4.69) is 9.97 Å². The third-order valence-electron chi connectivity index (χ3n) is 1.34. The van der Waals surface area contributed by atoms with Crippen LogP contribution in [0.15, 0.2) is 11.2 Å². The fourth-order valence-electron chi connectivity index (χ4n) is 0.738. The van der Waals surface area contributed by atoms with Crippen molar-refractivity contribution >= 4 is 23.4 Å². The van der Waals surface area contributed by atoms with Gasteiger partial charge < -0.3 is 5.73 Å². The number of aromatic nitrogens is 2. The first-order valence-corrected chi connectivity index (χ1v) is 5.08. The molecule has 3 nitrogen and oxygen atoms in total. The maximum Gasteiger partial charge on any atom is 0.188 e. The number of thioether (sulfide) groups is 1. The van der Waals surface area contributed by atoms with Crippen molar-refractivity contribution in [2.24, 2.45) is 5.73 Å². The van der Waals surface area contributed by atoms with Gasteiger partial charge in [-0.1, -0.05) is 23.4 Å². The Morgan fingerprint density at radius 3 is 2.75 bits per heavy atom. The van der Waals surface area contributed by atoms with Crippen LogP contribution in [0.5, 0.6) is 0 Å². The van der Waals surface area contributed by atoms with Gasteiger partial charge >= 0.3 is 0 Å². The summed E-state index contributed by atoms with van der Waals surface area (Å²) >= 11 is 7.21. The number of halogens is 1. The van der Waals surface area contributed by atoms with Crippen molar-refractivity contribution in [1.82, 2.24) is 9.97 Å². The minimum absolute atomic E-state index is 0.101. The van der Waals surface area contributed by atoms with Gasteiger partial charge in [0.25, 0.3) is 0 Å². The smallest absolute Gasteiger partial charge is 0.188 e. The molecule has 0 aliphatic heterocycles. The molecule has 0 saturated heterocycles. The number of nitrogens with zero attached hydrogens (tertiary/aromatic N) is 2. The summed E-state index contributed by atoms with van der Waals surface area (Å²) in [6.07, 6.45) is 1.90. The molecule has 0 radical (unpaired) electrons. The number of hydrogen-bond acceptors (Lipinski definition) is 4. The van der Waals surface area contributed by atoms with E-state index in [1.165, 1.54) is 11.8 Å². The summed E-state index contributed by atoms with van der Waals surface area (Å²) in [6, 6.07) is 1.59. The Bertz CT molecular complexity index is 277. The number of hydrogen-bond donors (Lipinski definition) is 1. The van der Waals surface area contributed by atoms with Crippen molar-refractivity contribution in [2.45, 2.75) is 18.1 Å². The normalized spacial score (nSPS) is 13.0. The van der Waals surface area contributed by atoms with E-state index in [-0.39, 0.29) is 6.04 Å². The Labute approximate surface area is 80.7 Å². The van der Waals surface area contributed by atoms with Crippen LogP contribution < -0.4 is 5.73 Å². The van der Waals surface area contributed by atoms with Crippen molar-refractivity contribution in [3.8, 4) is 0 Å². The fourth-order valence-corrected chi connectivity index (χ4v) is 1.37. The van der Waals surface area contributed by atoms with E-state index in [0.29, 0.717) is 10.3 Å². The predicted octanol–water partition coefficient (Wildman–Crippen LogP) is 1.87. The second kappa shape index (κ2) is 4.07. The molecular formula is C7H10ClN3S. The molecule has 1 aromatic heterocycles. The molecule has 66 valence electrons. The molecule has 0 saturated carbocycles. The van der Waals surface area contributed by atoms with Crippen LogP contribution in [0.4, 0.5) is 0 Å². The van der Waals surface area contributed by atoms with Crippen LogP contribution in [0.1, 0.15) is 18.7 Å². The molecule has 0 fully saturated rings. The van der Waals surface area contributed by atoms with Gasteiger partial charge in [0.1, 0.15) is 5.15 Å². The average Bonchev–Trinajstić information content (AvgIpc) is 2.03. The van der Waals surface area contributed by atoms with E-state index in [1.54, 1.807) is 6.07 Å². The van der Waals surface area contributed by atoms with E-state index in [9.17, 15) is 0 Å². The van der Waals surface area contributed by atoms with Crippen molar-refractivity contribution < 1.29 is 0 Å². The van der Waals surface area contributed by atoms with Gasteiger partial charge in [-0.05, 0) is 19.2 Å². The second-order valence-electron chi connectivity index (χ2n) is 2.39. The standard InChI is InChI=1S/C7H10ClN3S/c1-4(9)5-3-6(8)11-7(10-5)12-2/h3-4H,9H2,1-2H3/t4-/m0/s1. The Morgan fingerprint density at radius 2 is 2.25 bits per heavy atom. The van der Waals surface area contributed by atoms with E-state index >= 15 is 0 Å². The molecule has 2 N–H and O–H groups in total. The first-order valence-electron chi connectivity index (χ1n) is 3.47. The molecule has 0 unspecified atom stereocenters. The molecule has 5 heteroatoms. The molecule has 0 spiro atoms. The highest BCUT2D eigenvalue weighted by atomic mass is 35.5. The first-order chi connectivity index (χ1) is 5.63. The fraction of sp³-hybridized carbons (Fsp3) is 0.429. The Balaban J connectivity index is 3.06. The zero-order chi connectivity index (χ0) is 9.14. The lowest BCUT2D eigenvalue weighted by Gasteiger charge is -2.05. The molecule has 0 bridgehead atoms. The lowest BCUT2D eigenvalue weighted by atomic mass is 10.2. The molecule has 12 heavy (non-hydrogen) atoms. The lowest BCUT2D eigenvalue weighted by molar-refractivity contribution is 0.748. The molecule has 0 aliphatic rings. The topological polar surface area (TPSA) is 51.8 Å². The Kier molecular flexibility index (Phi) is 3.31. The van der Waals surface area contributed by atoms with Gasteiger partial charge in [-0.2, -0.15) is 0 Å². The average molecular weight is 204 g/mol. The maximum atomic E-state index is 5.75. The van der Waals surface area contributed by atoms with Gasteiger partial charge in [0.2, 0.25) is 0 Å². The van der Waals surface area contributed by atoms with Gasteiger partial charge in [-0.15, -0.1) is 0 Å². The summed E-state index contributed by atoms with van der Waals surface area (Å²) < 4.78 is 0. The zero-order valence-corrected chi connectivity index (χ0v) is 8.49. The summed E-state index contributed by atoms with van der Waals surface area (Å²) in [7, 11) is 0. The van der Waals surface area contributed by atoms with Gasteiger partial charge in [0, 0.05) is 6.04 Å². The predicted molar refractivity (Wildman–Crippen MR) is 51.4 cm³/mol. The van der Waals surface area contributed by atoms with E-state index in [0.717, 1.165) is 5.69 Å². The van der Waals surface area contributed by atoms with Crippen LogP contribution in [0.2, 0.25) is 5.15 Å². The third-order valence-corrected chi connectivity index (χ3v) is 2.08. The molecule has 1 rings (SSSR count). The Hall–Kier alpha value is -0.320. The van der Waals surface area contributed by atoms with Crippen molar-refractivity contribution in [2.75, 3.05) is 6.26 Å². The Morgan fingerprint density at radius 1 is 1.58 bits per heavy atom. The van der Waals surface area contributed by atoms with Crippen LogP contribution in [-0.4, -0.2) is 16.2 Å². The summed E-state index contributed by atoms with van der Waals surface area (Å²) in [6.45, 7) is 1.86. The van der Waals surface area contributed by atoms with Crippen LogP contribution in [0, 0.1) is 0 Å². The van der Waals surface area contributed by atoms with Crippen molar-refractivity contribution in [3.05, 3.63) is 16.9 Å². The third kappa shape index (κ3) is 2.33. The quantitative estimate of drug-likeness (QED) is 0.453. The largest absolute Gasteiger partial charge is 0.323 e. The van der Waals surface area contributed by atoms with Gasteiger partial charge in [0.15, 0.2) is 5.16 Å². The number of nitrogens with two attached hydrogens (primary N) is 1. The monoisotopic (exact) mass is 203 g/mol. The van der Waals surface area contributed by atoms with Crippen LogP contribution in [-0.2, 0) is 0 Å². The van der Waals surface area contributed by atoms with Crippen molar-refractivity contribution in [1.29, 1.82) is 0 Å². The summed E-state index contributed by atoms with van der Waals surface area (Å²) in [5.41, 5.74) is 6.43. The molecule has 0 amide bonds. The highest BCUT2D eigenvalue weighted by Crippen LogP contribution is 2.17. The molecule has 1 heterocycles. The van der Waals surface area contributed by atoms with E-state index in [1.807, 2.05) is 13.2 Å².